The molecule has 0 radical (unpaired) electrons. The first-order chi connectivity index (χ1) is 9.60. The van der Waals surface area contributed by atoms with Crippen molar-refractivity contribution in [2.75, 3.05) is 0 Å². The lowest BCUT2D eigenvalue weighted by atomic mass is 10.1. The smallest absolute Gasteiger partial charge is 0.232 e. The number of rotatable bonds is 1. The number of nitrogens with zero attached hydrogens (tertiary/aromatic N) is 3. The molecule has 0 fully saturated rings. The standard InChI is InChI=1S/C17H16N3/c1-12-4-6-15(8-13(12)2)20-11-19(3)16-7-5-14(10-18)9-17(16)20/h4-9,11H,1-3H3/q+1. The monoisotopic (exact) mass is 262 g/mol. The van der Waals surface area contributed by atoms with Crippen molar-refractivity contribution in [1.29, 1.82) is 5.26 Å². The minimum absolute atomic E-state index is 0.682. The van der Waals surface area contributed by atoms with Crippen molar-refractivity contribution in [2.45, 2.75) is 13.8 Å². The zero-order valence-electron chi connectivity index (χ0n) is 11.9. The Kier molecular flexibility index (Phi) is 2.80. The number of benzene rings is 2. The maximum absolute atomic E-state index is 9.08. The molecular weight excluding hydrogens is 246 g/mol. The molecule has 0 saturated carbocycles. The summed E-state index contributed by atoms with van der Waals surface area (Å²) in [5, 5.41) is 9.08. The van der Waals surface area contributed by atoms with Gasteiger partial charge in [-0.05, 0) is 49.2 Å². The second-order valence-electron chi connectivity index (χ2n) is 5.18. The Morgan fingerprint density at radius 3 is 2.55 bits per heavy atom. The van der Waals surface area contributed by atoms with Gasteiger partial charge < -0.3 is 0 Å². The molecule has 2 aromatic carbocycles. The van der Waals surface area contributed by atoms with Crippen LogP contribution in [0.1, 0.15) is 16.7 Å². The highest BCUT2D eigenvalue weighted by Gasteiger charge is 2.16. The van der Waals surface area contributed by atoms with Gasteiger partial charge >= 0.3 is 0 Å². The van der Waals surface area contributed by atoms with Crippen molar-refractivity contribution >= 4 is 11.0 Å². The number of aromatic nitrogens is 2. The minimum atomic E-state index is 0.682. The topological polar surface area (TPSA) is 32.6 Å². The van der Waals surface area contributed by atoms with Gasteiger partial charge in [0, 0.05) is 6.07 Å². The van der Waals surface area contributed by atoms with Gasteiger partial charge in [-0.3, -0.25) is 0 Å². The second kappa shape index (κ2) is 4.50. The van der Waals surface area contributed by atoms with Crippen LogP contribution in [0.5, 0.6) is 0 Å². The summed E-state index contributed by atoms with van der Waals surface area (Å²) in [5.74, 6) is 0. The van der Waals surface area contributed by atoms with Crippen molar-refractivity contribution in [1.82, 2.24) is 4.57 Å². The molecule has 1 aromatic heterocycles. The van der Waals surface area contributed by atoms with Crippen molar-refractivity contribution in [3.8, 4) is 11.8 Å². The number of aryl methyl sites for hydroxylation is 3. The van der Waals surface area contributed by atoms with E-state index in [1.54, 1.807) is 0 Å². The Hall–Kier alpha value is -2.60. The van der Waals surface area contributed by atoms with Crippen molar-refractivity contribution in [3.05, 3.63) is 59.4 Å². The summed E-state index contributed by atoms with van der Waals surface area (Å²) in [6, 6.07) is 14.4. The Morgan fingerprint density at radius 2 is 1.85 bits per heavy atom. The van der Waals surface area contributed by atoms with E-state index in [2.05, 4.69) is 53.6 Å². The molecule has 0 aliphatic rings. The third-order valence-electron chi connectivity index (χ3n) is 3.80. The highest BCUT2D eigenvalue weighted by Crippen LogP contribution is 2.20. The predicted octanol–water partition coefficient (Wildman–Crippen LogP) is 2.94. The molecule has 3 nitrogen and oxygen atoms in total. The fraction of sp³-hybridized carbons (Fsp3) is 0.176. The fourth-order valence-electron chi connectivity index (χ4n) is 2.46. The van der Waals surface area contributed by atoms with Gasteiger partial charge in [0.15, 0.2) is 11.0 Å². The van der Waals surface area contributed by atoms with E-state index < -0.39 is 0 Å². The van der Waals surface area contributed by atoms with E-state index in [4.69, 9.17) is 5.26 Å². The highest BCUT2D eigenvalue weighted by atomic mass is 15.1. The van der Waals surface area contributed by atoms with Crippen LogP contribution in [0.2, 0.25) is 0 Å². The van der Waals surface area contributed by atoms with Gasteiger partial charge in [0.2, 0.25) is 6.33 Å². The Bertz CT molecular complexity index is 851. The molecule has 20 heavy (non-hydrogen) atoms. The molecule has 0 amide bonds. The molecule has 3 heteroatoms. The molecule has 0 aliphatic heterocycles. The third kappa shape index (κ3) is 1.86. The Balaban J connectivity index is 2.30. The van der Waals surface area contributed by atoms with Crippen molar-refractivity contribution < 1.29 is 4.57 Å². The summed E-state index contributed by atoms with van der Waals surface area (Å²) in [7, 11) is 2.02. The van der Waals surface area contributed by atoms with Crippen LogP contribution in [0.4, 0.5) is 0 Å². The first-order valence-corrected chi connectivity index (χ1v) is 6.58. The average molecular weight is 262 g/mol. The molecule has 3 rings (SSSR count). The molecule has 0 aliphatic carbocycles. The van der Waals surface area contributed by atoms with E-state index in [0.29, 0.717) is 5.56 Å². The van der Waals surface area contributed by atoms with Gasteiger partial charge in [-0.15, -0.1) is 0 Å². The Labute approximate surface area is 118 Å². The van der Waals surface area contributed by atoms with Crippen LogP contribution >= 0.6 is 0 Å². The normalized spacial score (nSPS) is 10.7. The Morgan fingerprint density at radius 1 is 1.05 bits per heavy atom. The third-order valence-corrected chi connectivity index (χ3v) is 3.80. The van der Waals surface area contributed by atoms with E-state index >= 15 is 0 Å². The number of hydrogen-bond acceptors (Lipinski definition) is 1. The summed E-state index contributed by atoms with van der Waals surface area (Å²) in [6.45, 7) is 4.23. The van der Waals surface area contributed by atoms with Crippen LogP contribution in [-0.2, 0) is 7.05 Å². The molecule has 0 unspecified atom stereocenters. The molecule has 3 aromatic rings. The van der Waals surface area contributed by atoms with Crippen molar-refractivity contribution in [3.63, 3.8) is 0 Å². The summed E-state index contributed by atoms with van der Waals surface area (Å²) in [4.78, 5) is 0. The lowest BCUT2D eigenvalue weighted by Gasteiger charge is -2.02. The number of hydrogen-bond donors (Lipinski definition) is 0. The van der Waals surface area contributed by atoms with Crippen LogP contribution < -0.4 is 4.57 Å². The molecule has 0 atom stereocenters. The summed E-state index contributed by atoms with van der Waals surface area (Å²) in [5.41, 5.74) is 6.52. The largest absolute Gasteiger partial charge is 0.249 e. The van der Waals surface area contributed by atoms with Crippen LogP contribution in [0, 0.1) is 25.2 Å². The number of fused-ring (bicyclic) bond motifs is 1. The van der Waals surface area contributed by atoms with Gasteiger partial charge in [0.1, 0.15) is 5.69 Å². The van der Waals surface area contributed by atoms with Crippen LogP contribution in [0.3, 0.4) is 0 Å². The van der Waals surface area contributed by atoms with Crippen LogP contribution in [0.25, 0.3) is 16.7 Å². The molecule has 1 heterocycles. The molecule has 0 bridgehead atoms. The van der Waals surface area contributed by atoms with E-state index in [0.717, 1.165) is 16.7 Å². The molecular formula is C17H16N3+. The SMILES string of the molecule is Cc1ccc(-n2c[n+](C)c3ccc(C#N)cc32)cc1C. The maximum Gasteiger partial charge on any atom is 0.249 e. The number of imidazole rings is 1. The molecule has 0 spiro atoms. The number of nitriles is 1. The molecule has 98 valence electrons. The lowest BCUT2D eigenvalue weighted by Crippen LogP contribution is -2.25. The lowest BCUT2D eigenvalue weighted by molar-refractivity contribution is -0.645. The van der Waals surface area contributed by atoms with Gasteiger partial charge in [-0.2, -0.15) is 9.83 Å². The summed E-state index contributed by atoms with van der Waals surface area (Å²) in [6.07, 6.45) is 2.05. The maximum atomic E-state index is 9.08. The van der Waals surface area contributed by atoms with Gasteiger partial charge in [-0.1, -0.05) is 6.07 Å². The van der Waals surface area contributed by atoms with Crippen LogP contribution in [-0.4, -0.2) is 4.57 Å². The van der Waals surface area contributed by atoms with Crippen LogP contribution in [0.15, 0.2) is 42.7 Å². The van der Waals surface area contributed by atoms with E-state index in [9.17, 15) is 0 Å². The molecule has 0 N–H and O–H groups in total. The molecule has 0 saturated heterocycles. The minimum Gasteiger partial charge on any atom is -0.232 e. The van der Waals surface area contributed by atoms with Gasteiger partial charge in [0.25, 0.3) is 0 Å². The second-order valence-corrected chi connectivity index (χ2v) is 5.18. The summed E-state index contributed by atoms with van der Waals surface area (Å²) >= 11 is 0. The fourth-order valence-corrected chi connectivity index (χ4v) is 2.46. The van der Waals surface area contributed by atoms with Crippen molar-refractivity contribution in [2.24, 2.45) is 7.05 Å². The predicted molar refractivity (Wildman–Crippen MR) is 78.6 cm³/mol. The zero-order chi connectivity index (χ0) is 14.3. The van der Waals surface area contributed by atoms with Gasteiger partial charge in [0.05, 0.1) is 18.7 Å². The van der Waals surface area contributed by atoms with Gasteiger partial charge in [-0.25, -0.2) is 4.57 Å². The average Bonchev–Trinajstić information content (AvgIpc) is 2.78. The highest BCUT2D eigenvalue weighted by molar-refractivity contribution is 5.76. The van der Waals surface area contributed by atoms with E-state index in [1.165, 1.54) is 11.1 Å². The van der Waals surface area contributed by atoms with E-state index in [-0.39, 0.29) is 0 Å². The first kappa shape index (κ1) is 12.4. The van der Waals surface area contributed by atoms with E-state index in [1.807, 2.05) is 25.2 Å². The quantitative estimate of drug-likeness (QED) is 0.621. The first-order valence-electron chi connectivity index (χ1n) is 6.58. The summed E-state index contributed by atoms with van der Waals surface area (Å²) < 4.78 is 4.20. The zero-order valence-corrected chi connectivity index (χ0v) is 11.9.